The van der Waals surface area contributed by atoms with E-state index in [0.717, 1.165) is 0 Å². The highest BCUT2D eigenvalue weighted by Gasteiger charge is 2.30. The zero-order valence-corrected chi connectivity index (χ0v) is 9.24. The van der Waals surface area contributed by atoms with Gasteiger partial charge < -0.3 is 0 Å². The molecule has 1 heterocycles. The van der Waals surface area contributed by atoms with Gasteiger partial charge in [0.2, 0.25) is 10.0 Å². The van der Waals surface area contributed by atoms with E-state index >= 15 is 0 Å². The highest BCUT2D eigenvalue weighted by atomic mass is 32.2. The van der Waals surface area contributed by atoms with Crippen molar-refractivity contribution in [2.24, 2.45) is 11.1 Å². The summed E-state index contributed by atoms with van der Waals surface area (Å²) in [4.78, 5) is 8.04. The Hall–Kier alpha value is -1.01. The summed E-state index contributed by atoms with van der Waals surface area (Å²) in [5, 5.41) is 4.95. The molecule has 0 unspecified atom stereocenters. The molecule has 0 bridgehead atoms. The molecule has 6 heteroatoms. The predicted octanol–water partition coefficient (Wildman–Crippen LogP) is 0.638. The predicted molar refractivity (Wildman–Crippen MR) is 54.5 cm³/mol. The van der Waals surface area contributed by atoms with Crippen molar-refractivity contribution in [3.63, 3.8) is 0 Å². The maximum Gasteiger partial charge on any atom is 0.241 e. The number of hydrogen-bond donors (Lipinski definition) is 1. The molecule has 1 atom stereocenters. The summed E-state index contributed by atoms with van der Waals surface area (Å²) in [5.41, 5.74) is 0. The first kappa shape index (κ1) is 10.5. The Bertz CT molecular complexity index is 451. The Labute approximate surface area is 88.8 Å². The molecule has 2 rings (SSSR count). The van der Waals surface area contributed by atoms with Crippen LogP contribution in [0.5, 0.6) is 0 Å². The molecule has 0 aliphatic heterocycles. The number of primary sulfonamides is 1. The Morgan fingerprint density at radius 2 is 1.93 bits per heavy atom. The highest BCUT2D eigenvalue weighted by Crippen LogP contribution is 2.40. The van der Waals surface area contributed by atoms with Gasteiger partial charge in [0.25, 0.3) is 0 Å². The smallest absolute Gasteiger partial charge is 0.240 e. The lowest BCUT2D eigenvalue weighted by molar-refractivity contribution is 0.592. The van der Waals surface area contributed by atoms with Crippen molar-refractivity contribution in [3.05, 3.63) is 18.2 Å². The third-order valence-corrected chi connectivity index (χ3v) is 3.58. The van der Waals surface area contributed by atoms with E-state index in [9.17, 15) is 8.42 Å². The fourth-order valence-electron chi connectivity index (χ4n) is 1.52. The summed E-state index contributed by atoms with van der Waals surface area (Å²) in [6.45, 7) is 2.06. The second kappa shape index (κ2) is 3.53. The molecular formula is C9H13N3O2S. The Morgan fingerprint density at radius 3 is 2.33 bits per heavy atom. The minimum Gasteiger partial charge on any atom is -0.240 e. The molecule has 15 heavy (non-hydrogen) atoms. The van der Waals surface area contributed by atoms with Gasteiger partial charge in [0.15, 0.2) is 0 Å². The first-order chi connectivity index (χ1) is 6.98. The monoisotopic (exact) mass is 227 g/mol. The molecule has 0 spiro atoms. The van der Waals surface area contributed by atoms with E-state index in [1.807, 2.05) is 0 Å². The van der Waals surface area contributed by atoms with E-state index in [1.54, 1.807) is 0 Å². The van der Waals surface area contributed by atoms with Gasteiger partial charge >= 0.3 is 0 Å². The van der Waals surface area contributed by atoms with Crippen LogP contribution in [-0.4, -0.2) is 18.4 Å². The van der Waals surface area contributed by atoms with Gasteiger partial charge in [0.1, 0.15) is 10.7 Å². The molecular weight excluding hydrogens is 214 g/mol. The first-order valence-corrected chi connectivity index (χ1v) is 6.38. The van der Waals surface area contributed by atoms with Crippen molar-refractivity contribution < 1.29 is 8.42 Å². The van der Waals surface area contributed by atoms with E-state index in [4.69, 9.17) is 5.14 Å². The number of aromatic nitrogens is 2. The van der Waals surface area contributed by atoms with E-state index in [2.05, 4.69) is 16.9 Å². The highest BCUT2D eigenvalue weighted by molar-refractivity contribution is 7.89. The SMILES string of the molecule is C[C@H](c1ncc(S(N)(=O)=O)cn1)C1CC1. The number of sulfonamides is 1. The number of rotatable bonds is 3. The van der Waals surface area contributed by atoms with Crippen molar-refractivity contribution in [1.29, 1.82) is 0 Å². The summed E-state index contributed by atoms with van der Waals surface area (Å²) in [6.07, 6.45) is 4.97. The fraction of sp³-hybridized carbons (Fsp3) is 0.556. The first-order valence-electron chi connectivity index (χ1n) is 4.83. The lowest BCUT2D eigenvalue weighted by atomic mass is 10.1. The van der Waals surface area contributed by atoms with Crippen LogP contribution in [-0.2, 0) is 10.0 Å². The molecule has 0 amide bonds. The summed E-state index contributed by atoms with van der Waals surface area (Å²) < 4.78 is 21.9. The van der Waals surface area contributed by atoms with Gasteiger partial charge in [-0.2, -0.15) is 0 Å². The van der Waals surface area contributed by atoms with Crippen LogP contribution in [0.1, 0.15) is 31.5 Å². The summed E-state index contributed by atoms with van der Waals surface area (Å²) in [5.74, 6) is 1.66. The molecule has 0 radical (unpaired) electrons. The summed E-state index contributed by atoms with van der Waals surface area (Å²) >= 11 is 0. The minimum absolute atomic E-state index is 0.0331. The van der Waals surface area contributed by atoms with Gasteiger partial charge in [0.05, 0.1) is 12.4 Å². The van der Waals surface area contributed by atoms with Gasteiger partial charge in [-0.15, -0.1) is 0 Å². The number of nitrogens with zero attached hydrogens (tertiary/aromatic N) is 2. The lowest BCUT2D eigenvalue weighted by Crippen LogP contribution is -2.14. The van der Waals surface area contributed by atoms with Crippen LogP contribution in [0.25, 0.3) is 0 Å². The largest absolute Gasteiger partial charge is 0.241 e. The van der Waals surface area contributed by atoms with E-state index < -0.39 is 10.0 Å². The zero-order valence-electron chi connectivity index (χ0n) is 8.42. The van der Waals surface area contributed by atoms with Gasteiger partial charge in [-0.3, -0.25) is 0 Å². The second-order valence-electron chi connectivity index (χ2n) is 3.95. The topological polar surface area (TPSA) is 85.9 Å². The number of nitrogens with two attached hydrogens (primary N) is 1. The van der Waals surface area contributed by atoms with Crippen molar-refractivity contribution in [1.82, 2.24) is 9.97 Å². The average molecular weight is 227 g/mol. The molecule has 1 aliphatic rings. The van der Waals surface area contributed by atoms with Crippen LogP contribution in [0.3, 0.4) is 0 Å². The Kier molecular flexibility index (Phi) is 2.47. The van der Waals surface area contributed by atoms with Crippen LogP contribution < -0.4 is 5.14 Å². The molecule has 1 saturated carbocycles. The Balaban J connectivity index is 2.23. The molecule has 1 aromatic heterocycles. The molecule has 0 saturated heterocycles. The molecule has 82 valence electrons. The van der Waals surface area contributed by atoms with Crippen molar-refractivity contribution >= 4 is 10.0 Å². The zero-order chi connectivity index (χ0) is 11.1. The fourth-order valence-corrected chi connectivity index (χ4v) is 1.91. The minimum atomic E-state index is -3.67. The van der Waals surface area contributed by atoms with Gasteiger partial charge in [-0.1, -0.05) is 6.92 Å². The summed E-state index contributed by atoms with van der Waals surface area (Å²) in [6, 6.07) is 0. The van der Waals surface area contributed by atoms with Crippen LogP contribution in [0.4, 0.5) is 0 Å². The summed E-state index contributed by atoms with van der Waals surface area (Å²) in [7, 11) is -3.67. The molecule has 1 aromatic rings. The molecule has 2 N–H and O–H groups in total. The second-order valence-corrected chi connectivity index (χ2v) is 5.51. The van der Waals surface area contributed by atoms with Crippen LogP contribution in [0, 0.1) is 5.92 Å². The third kappa shape index (κ3) is 2.32. The van der Waals surface area contributed by atoms with E-state index in [-0.39, 0.29) is 4.90 Å². The van der Waals surface area contributed by atoms with Gasteiger partial charge in [0, 0.05) is 5.92 Å². The quantitative estimate of drug-likeness (QED) is 0.820. The van der Waals surface area contributed by atoms with Crippen molar-refractivity contribution in [2.45, 2.75) is 30.6 Å². The molecule has 1 aliphatic carbocycles. The van der Waals surface area contributed by atoms with Crippen LogP contribution in [0.15, 0.2) is 17.3 Å². The maximum absolute atomic E-state index is 11.0. The Morgan fingerprint density at radius 1 is 1.40 bits per heavy atom. The molecule has 5 nitrogen and oxygen atoms in total. The third-order valence-electron chi connectivity index (χ3n) is 2.71. The standard InChI is InChI=1S/C9H13N3O2S/c1-6(7-2-3-7)9-11-4-8(5-12-9)15(10,13)14/h4-7H,2-3H2,1H3,(H2,10,13,14)/t6-/m0/s1. The van der Waals surface area contributed by atoms with Gasteiger partial charge in [-0.05, 0) is 18.8 Å². The molecule has 0 aromatic carbocycles. The lowest BCUT2D eigenvalue weighted by Gasteiger charge is -2.07. The van der Waals surface area contributed by atoms with Crippen molar-refractivity contribution in [2.75, 3.05) is 0 Å². The number of hydrogen-bond acceptors (Lipinski definition) is 4. The van der Waals surface area contributed by atoms with Crippen molar-refractivity contribution in [3.8, 4) is 0 Å². The molecule has 1 fully saturated rings. The maximum atomic E-state index is 11.0. The van der Waals surface area contributed by atoms with Crippen LogP contribution >= 0.6 is 0 Å². The van der Waals surface area contributed by atoms with E-state index in [1.165, 1.54) is 25.2 Å². The normalized spacial score (nSPS) is 18.8. The van der Waals surface area contributed by atoms with E-state index in [0.29, 0.717) is 17.7 Å². The average Bonchev–Trinajstić information content (AvgIpc) is 2.99. The van der Waals surface area contributed by atoms with Gasteiger partial charge in [-0.25, -0.2) is 23.5 Å². The van der Waals surface area contributed by atoms with Crippen LogP contribution in [0.2, 0.25) is 0 Å².